The van der Waals surface area contributed by atoms with Crippen molar-refractivity contribution in [3.8, 4) is 11.5 Å². The van der Waals surface area contributed by atoms with Crippen LogP contribution >= 0.6 is 11.8 Å². The van der Waals surface area contributed by atoms with Crippen LogP contribution in [0.15, 0.2) is 88.2 Å². The Labute approximate surface area is 171 Å². The summed E-state index contributed by atoms with van der Waals surface area (Å²) < 4.78 is 19.1. The van der Waals surface area contributed by atoms with Crippen LogP contribution in [0.1, 0.15) is 16.2 Å². The first-order valence-corrected chi connectivity index (χ1v) is 9.84. The standard InChI is InChI=1S/C22H16FN3O2S/c23-17-10-6-9-16(13-17)21(27)24-18-11-4-5-12-19(18)29-14-20-25-26-22(28-20)15-7-2-1-3-8-15/h1-13H,14H2,(H,24,27). The smallest absolute Gasteiger partial charge is 0.255 e. The lowest BCUT2D eigenvalue weighted by Gasteiger charge is -2.10. The van der Waals surface area contributed by atoms with Crippen molar-refractivity contribution in [2.24, 2.45) is 0 Å². The summed E-state index contributed by atoms with van der Waals surface area (Å²) in [5.41, 5.74) is 1.75. The molecule has 1 N–H and O–H groups in total. The van der Waals surface area contributed by atoms with Crippen LogP contribution in [0, 0.1) is 5.82 Å². The molecule has 29 heavy (non-hydrogen) atoms. The van der Waals surface area contributed by atoms with Gasteiger partial charge in [-0.05, 0) is 42.5 Å². The molecule has 0 atom stereocenters. The van der Waals surface area contributed by atoms with Crippen molar-refractivity contribution in [3.63, 3.8) is 0 Å². The van der Waals surface area contributed by atoms with Crippen LogP contribution < -0.4 is 5.32 Å². The molecule has 0 aliphatic heterocycles. The molecule has 0 aliphatic carbocycles. The van der Waals surface area contributed by atoms with Gasteiger partial charge in [-0.3, -0.25) is 4.79 Å². The van der Waals surface area contributed by atoms with Crippen LogP contribution in [0.3, 0.4) is 0 Å². The first kappa shape index (κ1) is 18.9. The molecule has 0 aliphatic rings. The normalized spacial score (nSPS) is 10.7. The summed E-state index contributed by atoms with van der Waals surface area (Å²) in [6.45, 7) is 0. The molecule has 4 aromatic rings. The van der Waals surface area contributed by atoms with Gasteiger partial charge in [0.25, 0.3) is 5.91 Å². The lowest BCUT2D eigenvalue weighted by Crippen LogP contribution is -2.12. The lowest BCUT2D eigenvalue weighted by atomic mass is 10.2. The van der Waals surface area contributed by atoms with Crippen molar-refractivity contribution in [2.75, 3.05) is 5.32 Å². The van der Waals surface area contributed by atoms with E-state index in [2.05, 4.69) is 15.5 Å². The number of para-hydroxylation sites is 1. The third-order valence-electron chi connectivity index (χ3n) is 4.06. The summed E-state index contributed by atoms with van der Waals surface area (Å²) in [7, 11) is 0. The minimum Gasteiger partial charge on any atom is -0.420 e. The van der Waals surface area contributed by atoms with Gasteiger partial charge in [-0.25, -0.2) is 4.39 Å². The van der Waals surface area contributed by atoms with E-state index in [4.69, 9.17) is 4.42 Å². The van der Waals surface area contributed by atoms with Gasteiger partial charge in [0.15, 0.2) is 0 Å². The highest BCUT2D eigenvalue weighted by atomic mass is 32.2. The molecule has 1 heterocycles. The van der Waals surface area contributed by atoms with Crippen molar-refractivity contribution in [3.05, 3.63) is 96.1 Å². The molecule has 144 valence electrons. The second-order valence-corrected chi connectivity index (χ2v) is 7.13. The van der Waals surface area contributed by atoms with Crippen molar-refractivity contribution < 1.29 is 13.6 Å². The van der Waals surface area contributed by atoms with E-state index in [1.54, 1.807) is 12.1 Å². The molecule has 4 rings (SSSR count). The lowest BCUT2D eigenvalue weighted by molar-refractivity contribution is 0.102. The Balaban J connectivity index is 1.45. The number of rotatable bonds is 6. The monoisotopic (exact) mass is 405 g/mol. The second kappa shape index (κ2) is 8.70. The number of amides is 1. The highest BCUT2D eigenvalue weighted by Crippen LogP contribution is 2.30. The first-order valence-electron chi connectivity index (χ1n) is 8.85. The van der Waals surface area contributed by atoms with Crippen molar-refractivity contribution in [1.29, 1.82) is 0 Å². The maximum absolute atomic E-state index is 13.4. The Kier molecular flexibility index (Phi) is 5.67. The average molecular weight is 405 g/mol. The third-order valence-corrected chi connectivity index (χ3v) is 5.12. The maximum atomic E-state index is 13.4. The molecule has 0 unspecified atom stereocenters. The predicted molar refractivity (Wildman–Crippen MR) is 110 cm³/mol. The van der Waals surface area contributed by atoms with Crippen molar-refractivity contribution >= 4 is 23.4 Å². The number of hydrogen-bond acceptors (Lipinski definition) is 5. The highest BCUT2D eigenvalue weighted by Gasteiger charge is 2.12. The Morgan fingerprint density at radius 3 is 2.59 bits per heavy atom. The molecule has 7 heteroatoms. The third kappa shape index (κ3) is 4.70. The molecule has 0 fully saturated rings. The summed E-state index contributed by atoms with van der Waals surface area (Å²) in [4.78, 5) is 13.3. The number of anilines is 1. The van der Waals surface area contributed by atoms with Gasteiger partial charge in [0.2, 0.25) is 11.8 Å². The predicted octanol–water partition coefficient (Wildman–Crippen LogP) is 5.42. The quantitative estimate of drug-likeness (QED) is 0.434. The Morgan fingerprint density at radius 1 is 0.966 bits per heavy atom. The van der Waals surface area contributed by atoms with Gasteiger partial charge in [-0.1, -0.05) is 36.4 Å². The number of carbonyl (C=O) groups is 1. The molecular weight excluding hydrogens is 389 g/mol. The number of thioether (sulfide) groups is 1. The van der Waals surface area contributed by atoms with Crippen LogP contribution in [-0.4, -0.2) is 16.1 Å². The summed E-state index contributed by atoms with van der Waals surface area (Å²) >= 11 is 1.46. The Hall–Kier alpha value is -3.45. The van der Waals surface area contributed by atoms with E-state index >= 15 is 0 Å². The van der Waals surface area contributed by atoms with Gasteiger partial charge in [0.05, 0.1) is 11.4 Å². The molecule has 0 radical (unpaired) electrons. The van der Waals surface area contributed by atoms with Gasteiger partial charge in [-0.2, -0.15) is 0 Å². The summed E-state index contributed by atoms with van der Waals surface area (Å²) in [6.07, 6.45) is 0. The minimum absolute atomic E-state index is 0.259. The van der Waals surface area contributed by atoms with Gasteiger partial charge < -0.3 is 9.73 Å². The van der Waals surface area contributed by atoms with E-state index in [1.165, 1.54) is 30.0 Å². The number of halogens is 1. The van der Waals surface area contributed by atoms with E-state index in [-0.39, 0.29) is 11.5 Å². The van der Waals surface area contributed by atoms with Crippen molar-refractivity contribution in [1.82, 2.24) is 10.2 Å². The van der Waals surface area contributed by atoms with Crippen LogP contribution in [0.25, 0.3) is 11.5 Å². The largest absolute Gasteiger partial charge is 0.420 e. The Bertz CT molecular complexity index is 1130. The summed E-state index contributed by atoms with van der Waals surface area (Å²) in [6, 6.07) is 22.5. The second-order valence-electron chi connectivity index (χ2n) is 6.12. The van der Waals surface area contributed by atoms with Gasteiger partial charge in [0.1, 0.15) is 5.82 Å². The van der Waals surface area contributed by atoms with Crippen LogP contribution in [-0.2, 0) is 5.75 Å². The van der Waals surface area contributed by atoms with Crippen LogP contribution in [0.2, 0.25) is 0 Å². The fraction of sp³-hybridized carbons (Fsp3) is 0.0455. The molecule has 0 saturated heterocycles. The molecular formula is C22H16FN3O2S. The van der Waals surface area contributed by atoms with Gasteiger partial charge >= 0.3 is 0 Å². The average Bonchev–Trinajstić information content (AvgIpc) is 3.23. The number of nitrogens with zero attached hydrogens (tertiary/aromatic N) is 2. The van der Waals surface area contributed by atoms with Crippen molar-refractivity contribution in [2.45, 2.75) is 10.6 Å². The molecule has 0 spiro atoms. The van der Waals surface area contributed by atoms with E-state index in [0.29, 0.717) is 23.2 Å². The number of carbonyl (C=O) groups excluding carboxylic acids is 1. The first-order chi connectivity index (χ1) is 14.2. The number of aromatic nitrogens is 2. The zero-order chi connectivity index (χ0) is 20.1. The minimum atomic E-state index is -0.453. The van der Waals surface area contributed by atoms with E-state index in [1.807, 2.05) is 48.5 Å². The van der Waals surface area contributed by atoms with E-state index in [0.717, 1.165) is 10.5 Å². The summed E-state index contributed by atoms with van der Waals surface area (Å²) in [5, 5.41) is 11.0. The SMILES string of the molecule is O=C(Nc1ccccc1SCc1nnc(-c2ccccc2)o1)c1cccc(F)c1. The molecule has 1 aromatic heterocycles. The number of hydrogen-bond donors (Lipinski definition) is 1. The molecule has 0 bridgehead atoms. The van der Waals surface area contributed by atoms with Gasteiger partial charge in [-0.15, -0.1) is 22.0 Å². The molecule has 3 aromatic carbocycles. The van der Waals surface area contributed by atoms with E-state index < -0.39 is 5.82 Å². The number of benzene rings is 3. The zero-order valence-corrected chi connectivity index (χ0v) is 16.0. The Morgan fingerprint density at radius 2 is 1.76 bits per heavy atom. The molecule has 1 amide bonds. The topological polar surface area (TPSA) is 68.0 Å². The van der Waals surface area contributed by atoms with Gasteiger partial charge in [0, 0.05) is 16.0 Å². The highest BCUT2D eigenvalue weighted by molar-refractivity contribution is 7.98. The molecule has 5 nitrogen and oxygen atoms in total. The van der Waals surface area contributed by atoms with Crippen LogP contribution in [0.4, 0.5) is 10.1 Å². The fourth-order valence-electron chi connectivity index (χ4n) is 2.67. The van der Waals surface area contributed by atoms with Crippen LogP contribution in [0.5, 0.6) is 0 Å². The summed E-state index contributed by atoms with van der Waals surface area (Å²) in [5.74, 6) is 0.578. The number of nitrogens with one attached hydrogen (secondary N) is 1. The zero-order valence-electron chi connectivity index (χ0n) is 15.2. The maximum Gasteiger partial charge on any atom is 0.255 e. The molecule has 0 saturated carbocycles. The van der Waals surface area contributed by atoms with E-state index in [9.17, 15) is 9.18 Å². The fourth-order valence-corrected chi connectivity index (χ4v) is 3.51.